The molecule has 13 heavy (non-hydrogen) atoms. The smallest absolute Gasteiger partial charge is 0.123 e. The molecule has 0 aliphatic heterocycles. The van der Waals surface area contributed by atoms with Gasteiger partial charge >= 0.3 is 0 Å². The predicted molar refractivity (Wildman–Crippen MR) is 56.8 cm³/mol. The lowest BCUT2D eigenvalue weighted by atomic mass is 10.2. The molecule has 0 N–H and O–H groups in total. The zero-order chi connectivity index (χ0) is 9.68. The highest BCUT2D eigenvalue weighted by Crippen LogP contribution is 2.23. The van der Waals surface area contributed by atoms with Gasteiger partial charge in [-0.05, 0) is 24.6 Å². The highest BCUT2D eigenvalue weighted by molar-refractivity contribution is 9.08. The molecule has 1 aromatic carbocycles. The van der Waals surface area contributed by atoms with E-state index >= 15 is 0 Å². The number of hydrogen-bond donors (Lipinski definition) is 0. The first-order chi connectivity index (χ1) is 6.30. The fourth-order valence-electron chi connectivity index (χ4n) is 1.08. The number of halogens is 1. The molecular weight excluding hydrogens is 232 g/mol. The van der Waals surface area contributed by atoms with Gasteiger partial charge in [-0.2, -0.15) is 0 Å². The zero-order valence-corrected chi connectivity index (χ0v) is 9.43. The Bertz CT molecular complexity index is 251. The van der Waals surface area contributed by atoms with Crippen LogP contribution >= 0.6 is 15.9 Å². The van der Waals surface area contributed by atoms with Crippen molar-refractivity contribution >= 4 is 15.9 Å². The van der Waals surface area contributed by atoms with Gasteiger partial charge in [0.1, 0.15) is 11.5 Å². The molecule has 0 aromatic heterocycles. The first-order valence-electron chi connectivity index (χ1n) is 4.17. The van der Waals surface area contributed by atoms with Gasteiger partial charge in [0.2, 0.25) is 0 Å². The summed E-state index contributed by atoms with van der Waals surface area (Å²) in [5.74, 6) is 1.69. The maximum Gasteiger partial charge on any atom is 0.123 e. The molecule has 0 spiro atoms. The molecule has 0 atom stereocenters. The molecule has 0 heterocycles. The average Bonchev–Trinajstić information content (AvgIpc) is 2.17. The minimum atomic E-state index is 0.675. The third kappa shape index (κ3) is 2.92. The van der Waals surface area contributed by atoms with Crippen molar-refractivity contribution in [3.05, 3.63) is 23.8 Å². The van der Waals surface area contributed by atoms with Gasteiger partial charge in [-0.15, -0.1) is 0 Å². The second-order valence-electron chi connectivity index (χ2n) is 2.58. The molecule has 2 nitrogen and oxygen atoms in total. The fourth-order valence-corrected chi connectivity index (χ4v) is 1.40. The van der Waals surface area contributed by atoms with Crippen molar-refractivity contribution in [2.24, 2.45) is 0 Å². The van der Waals surface area contributed by atoms with Gasteiger partial charge in [-0.25, -0.2) is 0 Å². The standard InChI is InChI=1S/C10H13BrO2/c1-3-13-10-5-8(7-11)4-9(6-10)12-2/h4-6H,3,7H2,1-2H3. The highest BCUT2D eigenvalue weighted by Gasteiger charge is 2.00. The van der Waals surface area contributed by atoms with Gasteiger partial charge in [0, 0.05) is 11.4 Å². The summed E-state index contributed by atoms with van der Waals surface area (Å²) in [5, 5.41) is 0.810. The predicted octanol–water partition coefficient (Wildman–Crippen LogP) is 2.99. The van der Waals surface area contributed by atoms with Gasteiger partial charge in [-0.3, -0.25) is 0 Å². The minimum Gasteiger partial charge on any atom is -0.497 e. The van der Waals surface area contributed by atoms with Crippen molar-refractivity contribution in [2.75, 3.05) is 13.7 Å². The van der Waals surface area contributed by atoms with Crippen LogP contribution in [0.5, 0.6) is 11.5 Å². The largest absolute Gasteiger partial charge is 0.497 e. The van der Waals surface area contributed by atoms with Crippen LogP contribution in [0.3, 0.4) is 0 Å². The van der Waals surface area contributed by atoms with Crippen LogP contribution in [-0.2, 0) is 5.33 Å². The van der Waals surface area contributed by atoms with Crippen molar-refractivity contribution in [3.8, 4) is 11.5 Å². The van der Waals surface area contributed by atoms with Gasteiger partial charge in [0.25, 0.3) is 0 Å². The monoisotopic (exact) mass is 244 g/mol. The molecule has 0 saturated heterocycles. The zero-order valence-electron chi connectivity index (χ0n) is 7.84. The van der Waals surface area contributed by atoms with Crippen LogP contribution in [0.2, 0.25) is 0 Å². The topological polar surface area (TPSA) is 18.5 Å². The van der Waals surface area contributed by atoms with Crippen molar-refractivity contribution in [1.29, 1.82) is 0 Å². The maximum atomic E-state index is 5.39. The van der Waals surface area contributed by atoms with Gasteiger partial charge in [-0.1, -0.05) is 15.9 Å². The Morgan fingerprint density at radius 3 is 2.46 bits per heavy atom. The lowest BCUT2D eigenvalue weighted by Gasteiger charge is -2.07. The summed E-state index contributed by atoms with van der Waals surface area (Å²) in [6.45, 7) is 2.64. The summed E-state index contributed by atoms with van der Waals surface area (Å²) in [6, 6.07) is 5.87. The summed E-state index contributed by atoms with van der Waals surface area (Å²) in [4.78, 5) is 0. The van der Waals surface area contributed by atoms with Crippen molar-refractivity contribution in [3.63, 3.8) is 0 Å². The van der Waals surface area contributed by atoms with E-state index in [-0.39, 0.29) is 0 Å². The van der Waals surface area contributed by atoms with Gasteiger partial charge in [0.05, 0.1) is 13.7 Å². The van der Waals surface area contributed by atoms with Crippen LogP contribution in [0.15, 0.2) is 18.2 Å². The lowest BCUT2D eigenvalue weighted by Crippen LogP contribution is -1.93. The van der Waals surface area contributed by atoms with E-state index in [1.165, 1.54) is 0 Å². The Hall–Kier alpha value is -0.700. The summed E-state index contributed by atoms with van der Waals surface area (Å²) < 4.78 is 10.5. The lowest BCUT2D eigenvalue weighted by molar-refractivity contribution is 0.336. The number of alkyl halides is 1. The quantitative estimate of drug-likeness (QED) is 0.759. The summed E-state index contributed by atoms with van der Waals surface area (Å²) >= 11 is 3.39. The molecule has 0 fully saturated rings. The number of benzene rings is 1. The summed E-state index contributed by atoms with van der Waals surface area (Å²) in [5.41, 5.74) is 1.16. The fraction of sp³-hybridized carbons (Fsp3) is 0.400. The molecular formula is C10H13BrO2. The van der Waals surface area contributed by atoms with E-state index in [1.54, 1.807) is 7.11 Å². The van der Waals surface area contributed by atoms with E-state index in [1.807, 2.05) is 25.1 Å². The van der Waals surface area contributed by atoms with E-state index in [2.05, 4.69) is 15.9 Å². The Morgan fingerprint density at radius 2 is 1.92 bits per heavy atom. The van der Waals surface area contributed by atoms with E-state index < -0.39 is 0 Å². The molecule has 3 heteroatoms. The Kier molecular flexibility index (Phi) is 4.09. The van der Waals surface area contributed by atoms with Crippen LogP contribution in [0.25, 0.3) is 0 Å². The number of methoxy groups -OCH3 is 1. The second kappa shape index (κ2) is 5.12. The Morgan fingerprint density at radius 1 is 1.23 bits per heavy atom. The number of hydrogen-bond acceptors (Lipinski definition) is 2. The van der Waals surface area contributed by atoms with Gasteiger partial charge < -0.3 is 9.47 Å². The van der Waals surface area contributed by atoms with Crippen molar-refractivity contribution < 1.29 is 9.47 Å². The van der Waals surface area contributed by atoms with E-state index in [9.17, 15) is 0 Å². The normalized spacial score (nSPS) is 9.77. The van der Waals surface area contributed by atoms with Crippen molar-refractivity contribution in [1.82, 2.24) is 0 Å². The number of ether oxygens (including phenoxy) is 2. The Balaban J connectivity index is 2.93. The molecule has 0 unspecified atom stereocenters. The molecule has 0 amide bonds. The minimum absolute atomic E-state index is 0.675. The molecule has 0 radical (unpaired) electrons. The summed E-state index contributed by atoms with van der Waals surface area (Å²) in [6.07, 6.45) is 0. The summed E-state index contributed by atoms with van der Waals surface area (Å²) in [7, 11) is 1.66. The average molecular weight is 245 g/mol. The van der Waals surface area contributed by atoms with Crippen LogP contribution in [0, 0.1) is 0 Å². The molecule has 0 aliphatic rings. The highest BCUT2D eigenvalue weighted by atomic mass is 79.9. The molecule has 72 valence electrons. The maximum absolute atomic E-state index is 5.39. The van der Waals surface area contributed by atoms with Crippen LogP contribution in [0.4, 0.5) is 0 Å². The van der Waals surface area contributed by atoms with Crippen LogP contribution in [-0.4, -0.2) is 13.7 Å². The van der Waals surface area contributed by atoms with E-state index in [4.69, 9.17) is 9.47 Å². The number of rotatable bonds is 4. The first-order valence-corrected chi connectivity index (χ1v) is 5.29. The molecule has 0 bridgehead atoms. The SMILES string of the molecule is CCOc1cc(CBr)cc(OC)c1. The van der Waals surface area contributed by atoms with E-state index in [0.717, 1.165) is 22.4 Å². The van der Waals surface area contributed by atoms with Crippen LogP contribution in [0.1, 0.15) is 12.5 Å². The third-order valence-electron chi connectivity index (χ3n) is 1.64. The molecule has 0 aliphatic carbocycles. The van der Waals surface area contributed by atoms with E-state index in [0.29, 0.717) is 6.61 Å². The third-order valence-corrected chi connectivity index (χ3v) is 2.29. The van der Waals surface area contributed by atoms with Crippen molar-refractivity contribution in [2.45, 2.75) is 12.3 Å². The Labute approximate surface area is 87.0 Å². The molecule has 1 aromatic rings. The molecule has 1 rings (SSSR count). The van der Waals surface area contributed by atoms with Gasteiger partial charge in [0.15, 0.2) is 0 Å². The molecule has 0 saturated carbocycles. The van der Waals surface area contributed by atoms with Crippen LogP contribution < -0.4 is 9.47 Å². The second-order valence-corrected chi connectivity index (χ2v) is 3.14. The first kappa shape index (κ1) is 10.4.